The summed E-state index contributed by atoms with van der Waals surface area (Å²) in [5.74, 6) is 0.175. The second-order valence-electron chi connectivity index (χ2n) is 6.86. The third-order valence-corrected chi connectivity index (χ3v) is 5.60. The number of nitrogens with one attached hydrogen (secondary N) is 1. The number of carbonyl (C=O) groups excluding carboxylic acids is 1. The van der Waals surface area contributed by atoms with E-state index in [-0.39, 0.29) is 17.8 Å². The van der Waals surface area contributed by atoms with E-state index in [1.165, 1.54) is 23.5 Å². The lowest BCUT2D eigenvalue weighted by Gasteiger charge is -2.11. The summed E-state index contributed by atoms with van der Waals surface area (Å²) in [6.07, 6.45) is 2.25. The molecular formula is C22H21FN2O3S. The lowest BCUT2D eigenvalue weighted by atomic mass is 10.1. The van der Waals surface area contributed by atoms with Gasteiger partial charge in [0, 0.05) is 22.6 Å². The highest BCUT2D eigenvalue weighted by atomic mass is 32.1. The van der Waals surface area contributed by atoms with E-state index in [9.17, 15) is 9.18 Å². The summed E-state index contributed by atoms with van der Waals surface area (Å²) >= 11 is 1.39. The first kappa shape index (κ1) is 19.5. The van der Waals surface area contributed by atoms with Crippen LogP contribution >= 0.6 is 11.3 Å². The van der Waals surface area contributed by atoms with Crippen LogP contribution in [0, 0.1) is 12.7 Å². The molecule has 1 saturated heterocycles. The molecule has 1 N–H and O–H groups in total. The first-order valence-electron chi connectivity index (χ1n) is 9.47. The second-order valence-corrected chi connectivity index (χ2v) is 8.06. The van der Waals surface area contributed by atoms with Crippen molar-refractivity contribution in [1.29, 1.82) is 0 Å². The maximum Gasteiger partial charge on any atom is 0.257 e. The summed E-state index contributed by atoms with van der Waals surface area (Å²) in [4.78, 5) is 18.0. The maximum atomic E-state index is 13.1. The third-order valence-electron chi connectivity index (χ3n) is 4.71. The molecule has 0 spiro atoms. The van der Waals surface area contributed by atoms with E-state index in [1.54, 1.807) is 36.4 Å². The van der Waals surface area contributed by atoms with Crippen molar-refractivity contribution >= 4 is 22.4 Å². The smallest absolute Gasteiger partial charge is 0.257 e. The van der Waals surface area contributed by atoms with Crippen molar-refractivity contribution < 1.29 is 18.7 Å². The van der Waals surface area contributed by atoms with Crippen LogP contribution in [0.1, 0.15) is 28.1 Å². The van der Waals surface area contributed by atoms with Gasteiger partial charge in [0.25, 0.3) is 5.91 Å². The summed E-state index contributed by atoms with van der Waals surface area (Å²) in [6.45, 7) is 3.24. The van der Waals surface area contributed by atoms with Gasteiger partial charge in [-0.05, 0) is 68.3 Å². The number of ether oxygens (including phenoxy) is 2. The van der Waals surface area contributed by atoms with Crippen LogP contribution in [-0.4, -0.2) is 30.2 Å². The third kappa shape index (κ3) is 4.81. The fourth-order valence-electron chi connectivity index (χ4n) is 3.16. The SMILES string of the molecule is Cc1sc(NC(=O)c2ccc(OCC3CCCO3)cc2)nc1-c1ccc(F)cc1. The van der Waals surface area contributed by atoms with Crippen LogP contribution in [0.4, 0.5) is 9.52 Å². The fraction of sp³-hybridized carbons (Fsp3) is 0.273. The molecule has 7 heteroatoms. The number of amides is 1. The summed E-state index contributed by atoms with van der Waals surface area (Å²) in [7, 11) is 0. The minimum absolute atomic E-state index is 0.154. The van der Waals surface area contributed by atoms with Gasteiger partial charge in [0.15, 0.2) is 5.13 Å². The van der Waals surface area contributed by atoms with Crippen LogP contribution in [-0.2, 0) is 4.74 Å². The quantitative estimate of drug-likeness (QED) is 0.614. The van der Waals surface area contributed by atoms with Gasteiger partial charge in [-0.1, -0.05) is 0 Å². The van der Waals surface area contributed by atoms with Crippen molar-refractivity contribution in [2.24, 2.45) is 0 Å². The monoisotopic (exact) mass is 412 g/mol. The molecule has 1 amide bonds. The molecule has 1 fully saturated rings. The van der Waals surface area contributed by atoms with Gasteiger partial charge < -0.3 is 9.47 Å². The molecule has 29 heavy (non-hydrogen) atoms. The van der Waals surface area contributed by atoms with Crippen molar-refractivity contribution in [2.75, 3.05) is 18.5 Å². The summed E-state index contributed by atoms with van der Waals surface area (Å²) in [5.41, 5.74) is 2.07. The van der Waals surface area contributed by atoms with E-state index in [4.69, 9.17) is 9.47 Å². The second kappa shape index (κ2) is 8.71. The largest absolute Gasteiger partial charge is 0.491 e. The van der Waals surface area contributed by atoms with Crippen LogP contribution < -0.4 is 10.1 Å². The average Bonchev–Trinajstić information content (AvgIpc) is 3.37. The van der Waals surface area contributed by atoms with Crippen molar-refractivity contribution in [3.05, 3.63) is 64.8 Å². The molecule has 150 valence electrons. The Bertz CT molecular complexity index is 980. The normalized spacial score (nSPS) is 16.0. The molecule has 2 heterocycles. The number of aromatic nitrogens is 1. The molecule has 0 saturated carbocycles. The van der Waals surface area contributed by atoms with Crippen LogP contribution in [0.25, 0.3) is 11.3 Å². The summed E-state index contributed by atoms with van der Waals surface area (Å²) in [6, 6.07) is 13.2. The van der Waals surface area contributed by atoms with E-state index in [0.717, 1.165) is 35.6 Å². The van der Waals surface area contributed by atoms with Crippen molar-refractivity contribution in [1.82, 2.24) is 4.98 Å². The molecule has 3 aromatic rings. The van der Waals surface area contributed by atoms with Crippen LogP contribution in [0.2, 0.25) is 0 Å². The first-order chi connectivity index (χ1) is 14.1. The highest BCUT2D eigenvalue weighted by Crippen LogP contribution is 2.30. The Hall–Kier alpha value is -2.77. The molecule has 1 aromatic heterocycles. The molecule has 2 aromatic carbocycles. The molecular weight excluding hydrogens is 391 g/mol. The maximum absolute atomic E-state index is 13.1. The lowest BCUT2D eigenvalue weighted by molar-refractivity contribution is 0.0679. The first-order valence-corrected chi connectivity index (χ1v) is 10.3. The van der Waals surface area contributed by atoms with Crippen LogP contribution in [0.5, 0.6) is 5.75 Å². The predicted octanol–water partition coefficient (Wildman–Crippen LogP) is 5.07. The molecule has 0 aliphatic carbocycles. The van der Waals surface area contributed by atoms with Gasteiger partial charge in [-0.2, -0.15) is 0 Å². The number of rotatable bonds is 6. The van der Waals surface area contributed by atoms with Gasteiger partial charge in [0.1, 0.15) is 18.2 Å². The molecule has 1 aliphatic heterocycles. The van der Waals surface area contributed by atoms with Gasteiger partial charge >= 0.3 is 0 Å². The highest BCUT2D eigenvalue weighted by Gasteiger charge is 2.16. The predicted molar refractivity (Wildman–Crippen MR) is 111 cm³/mol. The van der Waals surface area contributed by atoms with Gasteiger partial charge in [0.2, 0.25) is 0 Å². The Labute approximate surface area is 172 Å². The number of anilines is 1. The van der Waals surface area contributed by atoms with Crippen LogP contribution in [0.3, 0.4) is 0 Å². The molecule has 1 unspecified atom stereocenters. The molecule has 5 nitrogen and oxygen atoms in total. The zero-order chi connectivity index (χ0) is 20.2. The number of halogens is 1. The Morgan fingerprint density at radius 2 is 2.00 bits per heavy atom. The van der Waals surface area contributed by atoms with Gasteiger partial charge in [-0.3, -0.25) is 10.1 Å². The van der Waals surface area contributed by atoms with Crippen molar-refractivity contribution in [3.8, 4) is 17.0 Å². The van der Waals surface area contributed by atoms with Gasteiger partial charge in [0.05, 0.1) is 11.8 Å². The fourth-order valence-corrected chi connectivity index (χ4v) is 3.99. The van der Waals surface area contributed by atoms with Crippen LogP contribution in [0.15, 0.2) is 48.5 Å². The summed E-state index contributed by atoms with van der Waals surface area (Å²) < 4.78 is 24.4. The Morgan fingerprint density at radius 1 is 1.24 bits per heavy atom. The van der Waals surface area contributed by atoms with E-state index in [2.05, 4.69) is 10.3 Å². The van der Waals surface area contributed by atoms with E-state index < -0.39 is 0 Å². The number of hydrogen-bond donors (Lipinski definition) is 1. The Morgan fingerprint density at radius 3 is 2.69 bits per heavy atom. The van der Waals surface area contributed by atoms with E-state index >= 15 is 0 Å². The van der Waals surface area contributed by atoms with E-state index in [0.29, 0.717) is 23.1 Å². The molecule has 0 radical (unpaired) electrons. The number of nitrogens with zero attached hydrogens (tertiary/aromatic N) is 1. The minimum atomic E-state index is -0.293. The molecule has 4 rings (SSSR count). The van der Waals surface area contributed by atoms with E-state index in [1.807, 2.05) is 6.92 Å². The molecule has 0 bridgehead atoms. The average molecular weight is 412 g/mol. The standard InChI is InChI=1S/C22H21FN2O3S/c1-14-20(15-4-8-17(23)9-5-15)24-22(29-14)25-21(26)16-6-10-18(11-7-16)28-13-19-3-2-12-27-19/h4-11,19H,2-3,12-13H2,1H3,(H,24,25,26). The highest BCUT2D eigenvalue weighted by molar-refractivity contribution is 7.16. The summed E-state index contributed by atoms with van der Waals surface area (Å²) in [5, 5.41) is 3.34. The van der Waals surface area contributed by atoms with Gasteiger partial charge in [-0.15, -0.1) is 11.3 Å². The molecule has 1 atom stereocenters. The minimum Gasteiger partial charge on any atom is -0.491 e. The number of carbonyl (C=O) groups is 1. The van der Waals surface area contributed by atoms with Crippen molar-refractivity contribution in [2.45, 2.75) is 25.9 Å². The zero-order valence-corrected chi connectivity index (χ0v) is 16.8. The Balaban J connectivity index is 1.38. The number of benzene rings is 2. The molecule has 1 aliphatic rings. The number of thiazole rings is 1. The number of aryl methyl sites for hydroxylation is 1. The zero-order valence-electron chi connectivity index (χ0n) is 16.0. The topological polar surface area (TPSA) is 60.5 Å². The number of hydrogen-bond acceptors (Lipinski definition) is 5. The van der Waals surface area contributed by atoms with Gasteiger partial charge in [-0.25, -0.2) is 9.37 Å². The lowest BCUT2D eigenvalue weighted by Crippen LogP contribution is -2.16. The Kier molecular flexibility index (Phi) is 5.87. The van der Waals surface area contributed by atoms with Crippen molar-refractivity contribution in [3.63, 3.8) is 0 Å².